The van der Waals surface area contributed by atoms with Crippen molar-refractivity contribution in [1.29, 1.82) is 0 Å². The van der Waals surface area contributed by atoms with E-state index in [4.69, 9.17) is 4.74 Å². The van der Waals surface area contributed by atoms with Crippen molar-refractivity contribution in [2.45, 2.75) is 39.3 Å². The second-order valence-electron chi connectivity index (χ2n) is 7.86. The summed E-state index contributed by atoms with van der Waals surface area (Å²) >= 11 is 0. The lowest BCUT2D eigenvalue weighted by atomic mass is 10.1. The van der Waals surface area contributed by atoms with Gasteiger partial charge in [-0.05, 0) is 56.5 Å². The van der Waals surface area contributed by atoms with E-state index >= 15 is 0 Å². The van der Waals surface area contributed by atoms with Crippen LogP contribution in [0, 0.1) is 6.92 Å². The van der Waals surface area contributed by atoms with Crippen molar-refractivity contribution in [3.05, 3.63) is 53.7 Å². The van der Waals surface area contributed by atoms with Crippen LogP contribution >= 0.6 is 24.0 Å². The third-order valence-corrected chi connectivity index (χ3v) is 5.36. The predicted molar refractivity (Wildman–Crippen MR) is 144 cm³/mol. The average Bonchev–Trinajstić information content (AvgIpc) is 2.81. The van der Waals surface area contributed by atoms with E-state index in [2.05, 4.69) is 43.0 Å². The number of aromatic nitrogens is 1. The SMILES string of the molecule is CCNC(=O)COc1cccc(CNC(=NC)NC2CCN(c3cccc(C)n3)CC2)c1.I. The number of pyridine rings is 1. The standard InChI is InChI=1S/C24H34N6O2.HI/c1-4-26-23(31)17-32-21-9-6-8-19(15-21)16-27-24(25-3)29-20-11-13-30(14-12-20)22-10-5-7-18(2)28-22;/h5-10,15,20H,4,11-14,16-17H2,1-3H3,(H,26,31)(H2,25,27,29);1H. The average molecular weight is 566 g/mol. The van der Waals surface area contributed by atoms with Gasteiger partial charge < -0.3 is 25.6 Å². The quantitative estimate of drug-likeness (QED) is 0.259. The van der Waals surface area contributed by atoms with Gasteiger partial charge in [-0.2, -0.15) is 0 Å². The summed E-state index contributed by atoms with van der Waals surface area (Å²) < 4.78 is 5.57. The Balaban J connectivity index is 0.00000385. The number of amides is 1. The zero-order chi connectivity index (χ0) is 22.8. The molecule has 0 atom stereocenters. The minimum absolute atomic E-state index is 0. The third kappa shape index (κ3) is 8.71. The number of nitrogens with zero attached hydrogens (tertiary/aromatic N) is 3. The molecule has 9 heteroatoms. The first-order chi connectivity index (χ1) is 15.6. The van der Waals surface area contributed by atoms with Crippen molar-refractivity contribution in [1.82, 2.24) is 20.9 Å². The second kappa shape index (κ2) is 13.9. The number of carbonyl (C=O) groups excluding carboxylic acids is 1. The van der Waals surface area contributed by atoms with Crippen molar-refractivity contribution in [2.24, 2.45) is 4.99 Å². The van der Waals surface area contributed by atoms with E-state index in [-0.39, 0.29) is 36.5 Å². The van der Waals surface area contributed by atoms with E-state index < -0.39 is 0 Å². The fourth-order valence-electron chi connectivity index (χ4n) is 3.67. The summed E-state index contributed by atoms with van der Waals surface area (Å²) in [6.07, 6.45) is 2.05. The summed E-state index contributed by atoms with van der Waals surface area (Å²) in [5, 5.41) is 9.63. The molecule has 0 bridgehead atoms. The molecule has 1 aliphatic heterocycles. The largest absolute Gasteiger partial charge is 0.484 e. The molecule has 1 aromatic heterocycles. The van der Waals surface area contributed by atoms with E-state index in [1.54, 1.807) is 7.05 Å². The summed E-state index contributed by atoms with van der Waals surface area (Å²) in [5.74, 6) is 2.39. The number of guanidine groups is 1. The highest BCUT2D eigenvalue weighted by molar-refractivity contribution is 14.0. The molecule has 1 aliphatic rings. The monoisotopic (exact) mass is 566 g/mol. The van der Waals surface area contributed by atoms with Gasteiger partial charge in [0.2, 0.25) is 0 Å². The first kappa shape index (κ1) is 26.7. The van der Waals surface area contributed by atoms with Gasteiger partial charge in [0.1, 0.15) is 11.6 Å². The highest BCUT2D eigenvalue weighted by Gasteiger charge is 2.21. The molecule has 1 aromatic carbocycles. The van der Waals surface area contributed by atoms with Crippen molar-refractivity contribution >= 4 is 41.7 Å². The number of nitrogens with one attached hydrogen (secondary N) is 3. The number of halogens is 1. The Morgan fingerprint density at radius 2 is 1.94 bits per heavy atom. The van der Waals surface area contributed by atoms with Gasteiger partial charge in [-0.3, -0.25) is 9.79 Å². The van der Waals surface area contributed by atoms with E-state index in [1.165, 1.54) is 0 Å². The zero-order valence-electron chi connectivity index (χ0n) is 19.6. The van der Waals surface area contributed by atoms with Crippen LogP contribution < -0.4 is 25.6 Å². The Bertz CT molecular complexity index is 915. The lowest BCUT2D eigenvalue weighted by Crippen LogP contribution is -2.48. The smallest absolute Gasteiger partial charge is 0.257 e. The van der Waals surface area contributed by atoms with Crippen LogP contribution in [0.4, 0.5) is 5.82 Å². The Morgan fingerprint density at radius 3 is 2.64 bits per heavy atom. The van der Waals surface area contributed by atoms with Gasteiger partial charge in [0.05, 0.1) is 0 Å². The number of benzene rings is 1. The molecule has 180 valence electrons. The molecular formula is C24H35IN6O2. The maximum absolute atomic E-state index is 11.6. The summed E-state index contributed by atoms with van der Waals surface area (Å²) in [7, 11) is 1.78. The van der Waals surface area contributed by atoms with Crippen LogP contribution in [0.3, 0.4) is 0 Å². The summed E-state index contributed by atoms with van der Waals surface area (Å²) in [4.78, 5) is 22.9. The molecule has 2 heterocycles. The van der Waals surface area contributed by atoms with Gasteiger partial charge in [0.25, 0.3) is 5.91 Å². The van der Waals surface area contributed by atoms with E-state index in [0.717, 1.165) is 49.0 Å². The van der Waals surface area contributed by atoms with Gasteiger partial charge in [-0.25, -0.2) is 4.98 Å². The van der Waals surface area contributed by atoms with Crippen LogP contribution in [-0.4, -0.2) is 56.2 Å². The molecule has 0 spiro atoms. The van der Waals surface area contributed by atoms with Crippen molar-refractivity contribution in [3.63, 3.8) is 0 Å². The second-order valence-corrected chi connectivity index (χ2v) is 7.86. The molecule has 8 nitrogen and oxygen atoms in total. The Hall–Kier alpha value is -2.56. The maximum Gasteiger partial charge on any atom is 0.257 e. The number of ether oxygens (including phenoxy) is 1. The topological polar surface area (TPSA) is 90.9 Å². The molecule has 3 N–H and O–H groups in total. The number of carbonyl (C=O) groups is 1. The number of piperidine rings is 1. The summed E-state index contributed by atoms with van der Waals surface area (Å²) in [5.41, 5.74) is 2.10. The fraction of sp³-hybridized carbons (Fsp3) is 0.458. The molecule has 0 saturated carbocycles. The summed E-state index contributed by atoms with van der Waals surface area (Å²) in [6, 6.07) is 14.3. The van der Waals surface area contributed by atoms with E-state index in [9.17, 15) is 4.79 Å². The van der Waals surface area contributed by atoms with Crippen LogP contribution in [-0.2, 0) is 11.3 Å². The molecule has 0 unspecified atom stereocenters. The van der Waals surface area contributed by atoms with Gasteiger partial charge in [-0.15, -0.1) is 24.0 Å². The van der Waals surface area contributed by atoms with Gasteiger partial charge in [-0.1, -0.05) is 18.2 Å². The minimum Gasteiger partial charge on any atom is -0.484 e. The molecular weight excluding hydrogens is 531 g/mol. The van der Waals surface area contributed by atoms with Crippen LogP contribution in [0.1, 0.15) is 31.0 Å². The Kier molecular flexibility index (Phi) is 11.2. The Morgan fingerprint density at radius 1 is 1.18 bits per heavy atom. The Labute approximate surface area is 213 Å². The zero-order valence-corrected chi connectivity index (χ0v) is 22.0. The lowest BCUT2D eigenvalue weighted by molar-refractivity contribution is -0.122. The minimum atomic E-state index is -0.121. The molecule has 33 heavy (non-hydrogen) atoms. The fourth-order valence-corrected chi connectivity index (χ4v) is 3.67. The first-order valence-corrected chi connectivity index (χ1v) is 11.2. The molecule has 1 fully saturated rings. The summed E-state index contributed by atoms with van der Waals surface area (Å²) in [6.45, 7) is 7.08. The van der Waals surface area contributed by atoms with E-state index in [1.807, 2.05) is 44.2 Å². The van der Waals surface area contributed by atoms with Crippen LogP contribution in [0.15, 0.2) is 47.5 Å². The number of hydrogen-bond donors (Lipinski definition) is 3. The van der Waals surface area contributed by atoms with Gasteiger partial charge in [0, 0.05) is 45.0 Å². The predicted octanol–water partition coefficient (Wildman–Crippen LogP) is 2.86. The highest BCUT2D eigenvalue weighted by Crippen LogP contribution is 2.18. The third-order valence-electron chi connectivity index (χ3n) is 5.36. The van der Waals surface area contributed by atoms with Crippen molar-refractivity contribution < 1.29 is 9.53 Å². The molecule has 1 saturated heterocycles. The number of aliphatic imine (C=N–C) groups is 1. The lowest BCUT2D eigenvalue weighted by Gasteiger charge is -2.34. The van der Waals surface area contributed by atoms with Crippen LogP contribution in [0.2, 0.25) is 0 Å². The highest BCUT2D eigenvalue weighted by atomic mass is 127. The van der Waals surface area contributed by atoms with E-state index in [0.29, 0.717) is 24.9 Å². The van der Waals surface area contributed by atoms with Crippen molar-refractivity contribution in [2.75, 3.05) is 38.2 Å². The molecule has 0 radical (unpaired) electrons. The molecule has 0 aliphatic carbocycles. The van der Waals surface area contributed by atoms with Crippen LogP contribution in [0.25, 0.3) is 0 Å². The number of anilines is 1. The van der Waals surface area contributed by atoms with Gasteiger partial charge in [0.15, 0.2) is 12.6 Å². The maximum atomic E-state index is 11.6. The van der Waals surface area contributed by atoms with Gasteiger partial charge >= 0.3 is 0 Å². The van der Waals surface area contributed by atoms with Crippen molar-refractivity contribution in [3.8, 4) is 5.75 Å². The normalized spacial score (nSPS) is 14.3. The molecule has 2 aromatic rings. The number of rotatable bonds is 8. The molecule has 1 amide bonds. The van der Waals surface area contributed by atoms with Crippen LogP contribution in [0.5, 0.6) is 5.75 Å². The molecule has 3 rings (SSSR count). The number of aryl methyl sites for hydroxylation is 1. The first-order valence-electron chi connectivity index (χ1n) is 11.2. The number of hydrogen-bond acceptors (Lipinski definition) is 5. The number of likely N-dealkylation sites (N-methyl/N-ethyl adjacent to an activating group) is 1.